The molecule has 0 atom stereocenters. The lowest BCUT2D eigenvalue weighted by Gasteiger charge is -1.95. The Morgan fingerprint density at radius 3 is 3.00 bits per heavy atom. The third-order valence-corrected chi connectivity index (χ3v) is 1.25. The van der Waals surface area contributed by atoms with E-state index in [2.05, 4.69) is 19.8 Å². The molecule has 7 heteroatoms. The number of carbonyl (C=O) groups excluding carboxylic acids is 1. The molecule has 0 aliphatic carbocycles. The number of nitrogens with one attached hydrogen (secondary N) is 2. The number of carbonyl (C=O) groups is 1. The van der Waals surface area contributed by atoms with Crippen molar-refractivity contribution in [3.8, 4) is 5.88 Å². The van der Waals surface area contributed by atoms with Crippen LogP contribution in [0.5, 0.6) is 5.88 Å². The summed E-state index contributed by atoms with van der Waals surface area (Å²) in [6, 6.07) is 0. The molecule has 1 aromatic heterocycles. The molecule has 13 heavy (non-hydrogen) atoms. The van der Waals surface area contributed by atoms with Crippen molar-refractivity contribution in [2.24, 2.45) is 5.11 Å². The van der Waals surface area contributed by atoms with Crippen LogP contribution >= 0.6 is 0 Å². The van der Waals surface area contributed by atoms with Gasteiger partial charge in [-0.05, 0) is 6.92 Å². The average molecular weight is 184 g/mol. The van der Waals surface area contributed by atoms with E-state index in [1.165, 1.54) is 0 Å². The molecule has 1 rings (SSSR count). The molecule has 70 valence electrons. The number of hydrogen-bond acceptors (Lipinski definition) is 6. The topological polar surface area (TPSA) is 111 Å². The van der Waals surface area contributed by atoms with Crippen LogP contribution < -0.4 is 0 Å². The first kappa shape index (κ1) is 9.17. The minimum absolute atomic E-state index is 0.162. The number of aromatic hydroxyl groups is 1. The smallest absolute Gasteiger partial charge is 0.374 e. The summed E-state index contributed by atoms with van der Waals surface area (Å²) in [6.45, 7) is 1.87. The van der Waals surface area contributed by atoms with Crippen molar-refractivity contribution in [3.63, 3.8) is 0 Å². The van der Waals surface area contributed by atoms with E-state index in [1.54, 1.807) is 6.92 Å². The van der Waals surface area contributed by atoms with Crippen molar-refractivity contribution in [1.82, 2.24) is 9.97 Å². The highest BCUT2D eigenvalue weighted by molar-refractivity contribution is 5.86. The molecular weight excluding hydrogens is 176 g/mol. The minimum Gasteiger partial charge on any atom is -0.491 e. The van der Waals surface area contributed by atoms with Gasteiger partial charge >= 0.3 is 5.97 Å². The highest BCUT2D eigenvalue weighted by atomic mass is 16.5. The van der Waals surface area contributed by atoms with Gasteiger partial charge in [0.05, 0.1) is 6.61 Å². The van der Waals surface area contributed by atoms with Gasteiger partial charge in [0.25, 0.3) is 5.88 Å². The molecule has 0 saturated carbocycles. The summed E-state index contributed by atoms with van der Waals surface area (Å²) < 4.78 is 4.59. The normalized spacial score (nSPS) is 9.62. The minimum atomic E-state index is -0.687. The molecule has 0 amide bonds. The number of imidazole rings is 1. The largest absolute Gasteiger partial charge is 0.491 e. The zero-order valence-corrected chi connectivity index (χ0v) is 6.87. The van der Waals surface area contributed by atoms with Gasteiger partial charge in [0, 0.05) is 0 Å². The Labute approximate surface area is 73.3 Å². The lowest BCUT2D eigenvalue weighted by atomic mass is 10.6. The molecule has 0 unspecified atom stereocenters. The fourth-order valence-electron chi connectivity index (χ4n) is 0.729. The molecule has 0 fully saturated rings. The van der Waals surface area contributed by atoms with E-state index in [-0.39, 0.29) is 18.2 Å². The molecule has 0 aromatic carbocycles. The van der Waals surface area contributed by atoms with Crippen LogP contribution in [0.1, 0.15) is 17.5 Å². The quantitative estimate of drug-likeness (QED) is 0.479. The summed E-state index contributed by atoms with van der Waals surface area (Å²) in [6.07, 6.45) is 0. The Kier molecular flexibility index (Phi) is 2.58. The lowest BCUT2D eigenvalue weighted by molar-refractivity contribution is 0.0512. The zero-order chi connectivity index (χ0) is 9.84. The Morgan fingerprint density at radius 2 is 2.54 bits per heavy atom. The molecule has 0 aliphatic heterocycles. The standard InChI is InChI=1S/C6H8N4O3/c1-2-13-6(12)4-8-3(10-7)5(11)9-4/h7,11H,2H2,1H3,(H,8,9). The van der Waals surface area contributed by atoms with E-state index in [0.717, 1.165) is 0 Å². The van der Waals surface area contributed by atoms with Crippen molar-refractivity contribution in [3.05, 3.63) is 5.82 Å². The molecule has 0 radical (unpaired) electrons. The lowest BCUT2D eigenvalue weighted by Crippen LogP contribution is -2.06. The molecule has 3 N–H and O–H groups in total. The van der Waals surface area contributed by atoms with Crippen molar-refractivity contribution < 1.29 is 14.6 Å². The van der Waals surface area contributed by atoms with Crippen molar-refractivity contribution in [2.75, 3.05) is 6.61 Å². The first-order valence-electron chi connectivity index (χ1n) is 3.52. The number of esters is 1. The Hall–Kier alpha value is -1.92. The van der Waals surface area contributed by atoms with Crippen LogP contribution in [0.15, 0.2) is 5.11 Å². The fraction of sp³-hybridized carbons (Fsp3) is 0.333. The number of H-pyrrole nitrogens is 1. The van der Waals surface area contributed by atoms with Crippen molar-refractivity contribution in [2.45, 2.75) is 6.92 Å². The highest BCUT2D eigenvalue weighted by Gasteiger charge is 2.15. The van der Waals surface area contributed by atoms with Gasteiger partial charge in [-0.1, -0.05) is 0 Å². The summed E-state index contributed by atoms with van der Waals surface area (Å²) in [7, 11) is 0. The second-order valence-corrected chi connectivity index (χ2v) is 2.09. The third kappa shape index (κ3) is 1.81. The maximum absolute atomic E-state index is 11.0. The summed E-state index contributed by atoms with van der Waals surface area (Å²) in [5.41, 5.74) is 6.58. The predicted octanol–water partition coefficient (Wildman–Crippen LogP) is 0.954. The van der Waals surface area contributed by atoms with E-state index < -0.39 is 11.8 Å². The van der Waals surface area contributed by atoms with Gasteiger partial charge in [-0.15, -0.1) is 5.11 Å². The van der Waals surface area contributed by atoms with E-state index in [4.69, 9.17) is 10.6 Å². The van der Waals surface area contributed by atoms with Crippen LogP contribution in [0.25, 0.3) is 0 Å². The van der Waals surface area contributed by atoms with Crippen LogP contribution in [0.2, 0.25) is 0 Å². The molecule has 1 heterocycles. The third-order valence-electron chi connectivity index (χ3n) is 1.25. The van der Waals surface area contributed by atoms with E-state index in [9.17, 15) is 4.79 Å². The monoisotopic (exact) mass is 184 g/mol. The summed E-state index contributed by atoms with van der Waals surface area (Å²) in [4.78, 5) is 16.7. The highest BCUT2D eigenvalue weighted by Crippen LogP contribution is 2.21. The molecule has 1 aromatic rings. The van der Waals surface area contributed by atoms with Gasteiger partial charge in [0.15, 0.2) is 0 Å². The maximum Gasteiger partial charge on any atom is 0.374 e. The van der Waals surface area contributed by atoms with Gasteiger partial charge in [0.1, 0.15) is 0 Å². The molecular formula is C6H8N4O3. The van der Waals surface area contributed by atoms with E-state index in [1.807, 2.05) is 0 Å². The van der Waals surface area contributed by atoms with E-state index in [0.29, 0.717) is 0 Å². The van der Waals surface area contributed by atoms with Gasteiger partial charge in [-0.3, -0.25) is 0 Å². The molecule has 0 spiro atoms. The summed E-state index contributed by atoms with van der Waals surface area (Å²) in [5, 5.41) is 11.9. The Morgan fingerprint density at radius 1 is 1.85 bits per heavy atom. The number of ether oxygens (including phenoxy) is 1. The maximum atomic E-state index is 11.0. The van der Waals surface area contributed by atoms with Gasteiger partial charge in [0.2, 0.25) is 11.6 Å². The molecule has 0 aliphatic rings. The second kappa shape index (κ2) is 3.65. The number of rotatable bonds is 3. The number of aromatic amines is 1. The first-order valence-corrected chi connectivity index (χ1v) is 3.52. The average Bonchev–Trinajstić information content (AvgIpc) is 2.47. The Balaban J connectivity index is 2.90. The van der Waals surface area contributed by atoms with Crippen molar-refractivity contribution in [1.29, 1.82) is 5.53 Å². The van der Waals surface area contributed by atoms with Crippen LogP contribution in [-0.4, -0.2) is 27.7 Å². The fourth-order valence-corrected chi connectivity index (χ4v) is 0.729. The Bertz CT molecular complexity index is 333. The van der Waals surface area contributed by atoms with Crippen LogP contribution in [-0.2, 0) is 4.74 Å². The van der Waals surface area contributed by atoms with Gasteiger partial charge in [-0.25, -0.2) is 10.3 Å². The first-order chi connectivity index (χ1) is 6.19. The SMILES string of the molecule is CCOC(=O)c1nc(O)c(N=N)[nH]1. The number of nitrogens with zero attached hydrogens (tertiary/aromatic N) is 2. The van der Waals surface area contributed by atoms with Crippen LogP contribution in [0.3, 0.4) is 0 Å². The predicted molar refractivity (Wildman–Crippen MR) is 41.0 cm³/mol. The number of hydrogen-bond donors (Lipinski definition) is 3. The summed E-state index contributed by atoms with van der Waals surface area (Å²) in [5.74, 6) is -1.50. The number of aromatic nitrogens is 2. The van der Waals surface area contributed by atoms with Crippen LogP contribution in [0.4, 0.5) is 5.82 Å². The molecule has 7 nitrogen and oxygen atoms in total. The van der Waals surface area contributed by atoms with Gasteiger partial charge < -0.3 is 14.8 Å². The van der Waals surface area contributed by atoms with Crippen LogP contribution in [0, 0.1) is 5.53 Å². The van der Waals surface area contributed by atoms with Crippen molar-refractivity contribution >= 4 is 11.8 Å². The van der Waals surface area contributed by atoms with E-state index >= 15 is 0 Å². The molecule has 0 saturated heterocycles. The molecule has 0 bridgehead atoms. The second-order valence-electron chi connectivity index (χ2n) is 2.09. The summed E-state index contributed by atoms with van der Waals surface area (Å²) >= 11 is 0. The zero-order valence-electron chi connectivity index (χ0n) is 6.87. The van der Waals surface area contributed by atoms with Gasteiger partial charge in [-0.2, -0.15) is 4.98 Å².